The van der Waals surface area contributed by atoms with Gasteiger partial charge in [0.1, 0.15) is 6.61 Å². The van der Waals surface area contributed by atoms with E-state index in [1.807, 2.05) is 6.08 Å². The van der Waals surface area contributed by atoms with Crippen LogP contribution in [-0.4, -0.2) is 6.61 Å². The van der Waals surface area contributed by atoms with Crippen LogP contribution in [0.2, 0.25) is 0 Å². The number of nitrogens with zero attached hydrogens (tertiary/aromatic N) is 1. The summed E-state index contributed by atoms with van der Waals surface area (Å²) in [6.45, 7) is 2.57. The molecule has 0 aliphatic rings. The Morgan fingerprint density at radius 2 is 1.32 bits per heavy atom. The first-order chi connectivity index (χ1) is 9.41. The molecular weight excluding hydrogens is 238 g/mol. The summed E-state index contributed by atoms with van der Waals surface area (Å²) in [4.78, 5) is 14.0. The molecular formula is C16H31NO2. The molecule has 0 bridgehead atoms. The third kappa shape index (κ3) is 17.1. The van der Waals surface area contributed by atoms with Crippen LogP contribution in [0, 0.1) is 4.91 Å². The SMILES string of the molecule is CCCCCCCCCCCCCC=CCON=O. The summed E-state index contributed by atoms with van der Waals surface area (Å²) in [7, 11) is 0. The van der Waals surface area contributed by atoms with Crippen molar-refractivity contribution in [1.29, 1.82) is 0 Å². The maximum atomic E-state index is 9.63. The maximum Gasteiger partial charge on any atom is 0.155 e. The van der Waals surface area contributed by atoms with E-state index in [1.165, 1.54) is 70.6 Å². The molecule has 0 rings (SSSR count). The molecule has 19 heavy (non-hydrogen) atoms. The molecule has 0 saturated heterocycles. The lowest BCUT2D eigenvalue weighted by Crippen LogP contribution is -1.82. The predicted octanol–water partition coefficient (Wildman–Crippen LogP) is 5.94. The highest BCUT2D eigenvalue weighted by Gasteiger charge is 1.92. The van der Waals surface area contributed by atoms with E-state index in [0.717, 1.165) is 6.42 Å². The molecule has 0 unspecified atom stereocenters. The molecule has 112 valence electrons. The van der Waals surface area contributed by atoms with Gasteiger partial charge < -0.3 is 4.84 Å². The van der Waals surface area contributed by atoms with Crippen LogP contribution in [0.5, 0.6) is 0 Å². The fourth-order valence-corrected chi connectivity index (χ4v) is 2.19. The van der Waals surface area contributed by atoms with Crippen molar-refractivity contribution in [2.75, 3.05) is 6.61 Å². The van der Waals surface area contributed by atoms with Gasteiger partial charge in [-0.05, 0) is 18.9 Å². The van der Waals surface area contributed by atoms with Gasteiger partial charge in [0.05, 0.1) is 0 Å². The van der Waals surface area contributed by atoms with Gasteiger partial charge in [0.15, 0.2) is 5.34 Å². The third-order valence-electron chi connectivity index (χ3n) is 3.36. The smallest absolute Gasteiger partial charge is 0.155 e. The molecule has 0 atom stereocenters. The fourth-order valence-electron chi connectivity index (χ4n) is 2.19. The molecule has 0 aromatic heterocycles. The van der Waals surface area contributed by atoms with Crippen molar-refractivity contribution in [3.05, 3.63) is 17.1 Å². The summed E-state index contributed by atoms with van der Waals surface area (Å²) >= 11 is 0. The first-order valence-electron chi connectivity index (χ1n) is 8.01. The zero-order valence-electron chi connectivity index (χ0n) is 12.6. The Kier molecular flexibility index (Phi) is 16.4. The molecule has 0 radical (unpaired) electrons. The largest absolute Gasteiger partial charge is 0.360 e. The van der Waals surface area contributed by atoms with Crippen molar-refractivity contribution in [2.24, 2.45) is 5.34 Å². The average Bonchev–Trinajstić information content (AvgIpc) is 2.43. The Bertz CT molecular complexity index is 205. The van der Waals surface area contributed by atoms with E-state index in [9.17, 15) is 4.91 Å². The first-order valence-corrected chi connectivity index (χ1v) is 8.01. The lowest BCUT2D eigenvalue weighted by Gasteiger charge is -2.01. The van der Waals surface area contributed by atoms with E-state index >= 15 is 0 Å². The normalized spacial score (nSPS) is 11.0. The van der Waals surface area contributed by atoms with E-state index in [2.05, 4.69) is 23.2 Å². The topological polar surface area (TPSA) is 38.7 Å². The first kappa shape index (κ1) is 18.1. The minimum absolute atomic E-state index is 0.307. The van der Waals surface area contributed by atoms with Gasteiger partial charge in [0.25, 0.3) is 0 Å². The Balaban J connectivity index is 2.98. The summed E-state index contributed by atoms with van der Waals surface area (Å²) in [6, 6.07) is 0. The highest BCUT2D eigenvalue weighted by atomic mass is 16.7. The van der Waals surface area contributed by atoms with Gasteiger partial charge in [-0.1, -0.05) is 77.2 Å². The van der Waals surface area contributed by atoms with Gasteiger partial charge in [-0.3, -0.25) is 0 Å². The lowest BCUT2D eigenvalue weighted by molar-refractivity contribution is 0.169. The summed E-state index contributed by atoms with van der Waals surface area (Å²) in [5, 5.41) is 2.33. The van der Waals surface area contributed by atoms with Crippen LogP contribution in [0.4, 0.5) is 0 Å². The number of allylic oxidation sites excluding steroid dienone is 1. The molecule has 0 aliphatic heterocycles. The molecule has 3 heteroatoms. The summed E-state index contributed by atoms with van der Waals surface area (Å²) in [5.74, 6) is 0. The van der Waals surface area contributed by atoms with E-state index in [1.54, 1.807) is 0 Å². The molecule has 0 saturated carbocycles. The van der Waals surface area contributed by atoms with Crippen LogP contribution in [0.1, 0.15) is 84.0 Å². The van der Waals surface area contributed by atoms with Crippen LogP contribution in [0.3, 0.4) is 0 Å². The number of hydrogen-bond donors (Lipinski definition) is 0. The molecule has 0 aliphatic carbocycles. The number of hydrogen-bond acceptors (Lipinski definition) is 3. The van der Waals surface area contributed by atoms with Crippen molar-refractivity contribution < 1.29 is 4.84 Å². The van der Waals surface area contributed by atoms with E-state index in [-0.39, 0.29) is 0 Å². The minimum atomic E-state index is 0.307. The van der Waals surface area contributed by atoms with Crippen molar-refractivity contribution in [3.8, 4) is 0 Å². The lowest BCUT2D eigenvalue weighted by atomic mass is 10.1. The van der Waals surface area contributed by atoms with Crippen LogP contribution >= 0.6 is 0 Å². The molecule has 0 amide bonds. The van der Waals surface area contributed by atoms with Crippen molar-refractivity contribution >= 4 is 0 Å². The van der Waals surface area contributed by atoms with Gasteiger partial charge in [-0.25, -0.2) is 0 Å². The zero-order chi connectivity index (χ0) is 14.0. The molecule has 0 fully saturated rings. The second-order valence-corrected chi connectivity index (χ2v) is 5.17. The van der Waals surface area contributed by atoms with Crippen molar-refractivity contribution in [2.45, 2.75) is 84.0 Å². The fraction of sp³-hybridized carbons (Fsp3) is 0.875. The quantitative estimate of drug-likeness (QED) is 0.160. The van der Waals surface area contributed by atoms with Crippen LogP contribution in [0.15, 0.2) is 17.5 Å². The van der Waals surface area contributed by atoms with E-state index in [0.29, 0.717) is 6.61 Å². The van der Waals surface area contributed by atoms with Gasteiger partial charge in [0.2, 0.25) is 0 Å². The molecule has 0 aromatic carbocycles. The van der Waals surface area contributed by atoms with Crippen molar-refractivity contribution in [3.63, 3.8) is 0 Å². The molecule has 0 aromatic rings. The summed E-state index contributed by atoms with van der Waals surface area (Å²) < 4.78 is 0. The number of unbranched alkanes of at least 4 members (excludes halogenated alkanes) is 11. The van der Waals surface area contributed by atoms with Crippen molar-refractivity contribution in [1.82, 2.24) is 0 Å². The maximum absolute atomic E-state index is 9.63. The Morgan fingerprint density at radius 3 is 1.84 bits per heavy atom. The highest BCUT2D eigenvalue weighted by Crippen LogP contribution is 2.11. The van der Waals surface area contributed by atoms with E-state index < -0.39 is 0 Å². The predicted molar refractivity (Wildman–Crippen MR) is 82.0 cm³/mol. The Hall–Kier alpha value is -0.860. The van der Waals surface area contributed by atoms with Gasteiger partial charge in [0, 0.05) is 0 Å². The zero-order valence-corrected chi connectivity index (χ0v) is 12.6. The summed E-state index contributed by atoms with van der Waals surface area (Å²) in [6.07, 6.45) is 20.1. The Morgan fingerprint density at radius 1 is 0.789 bits per heavy atom. The summed E-state index contributed by atoms with van der Waals surface area (Å²) in [5.41, 5.74) is 0. The molecule has 0 heterocycles. The van der Waals surface area contributed by atoms with Gasteiger partial charge in [-0.15, -0.1) is 4.91 Å². The van der Waals surface area contributed by atoms with Crippen LogP contribution in [0.25, 0.3) is 0 Å². The van der Waals surface area contributed by atoms with E-state index in [4.69, 9.17) is 0 Å². The third-order valence-corrected chi connectivity index (χ3v) is 3.36. The van der Waals surface area contributed by atoms with Crippen LogP contribution < -0.4 is 0 Å². The monoisotopic (exact) mass is 269 g/mol. The average molecular weight is 269 g/mol. The molecule has 0 spiro atoms. The second-order valence-electron chi connectivity index (χ2n) is 5.17. The second kappa shape index (κ2) is 17.1. The number of rotatable bonds is 15. The van der Waals surface area contributed by atoms with Crippen LogP contribution in [-0.2, 0) is 4.84 Å². The minimum Gasteiger partial charge on any atom is -0.360 e. The standard InChI is InChI=1S/C16H31NO2/c1-2-3-4-5-6-7-8-9-10-11-12-13-14-15-16-19-17-18/h14-15H,2-13,16H2,1H3. The molecule has 0 N–H and O–H groups in total. The van der Waals surface area contributed by atoms with Gasteiger partial charge in [-0.2, -0.15) is 0 Å². The van der Waals surface area contributed by atoms with Gasteiger partial charge >= 0.3 is 0 Å². The molecule has 3 nitrogen and oxygen atoms in total. The highest BCUT2D eigenvalue weighted by molar-refractivity contribution is 4.80. The Labute approximate surface area is 118 Å².